The molecule has 3 fully saturated rings. The van der Waals surface area contributed by atoms with Crippen molar-refractivity contribution < 1.29 is 27.8 Å². The summed E-state index contributed by atoms with van der Waals surface area (Å²) in [4.78, 5) is 17.7. The Labute approximate surface area is 218 Å². The first-order chi connectivity index (χ1) is 18.0. The highest BCUT2D eigenvalue weighted by molar-refractivity contribution is 8.00. The van der Waals surface area contributed by atoms with Gasteiger partial charge in [-0.05, 0) is 31.8 Å². The van der Waals surface area contributed by atoms with Gasteiger partial charge in [0, 0.05) is 42.1 Å². The highest BCUT2D eigenvalue weighted by Crippen LogP contribution is 2.33. The van der Waals surface area contributed by atoms with Crippen molar-refractivity contribution in [2.45, 2.75) is 55.1 Å². The van der Waals surface area contributed by atoms with E-state index in [2.05, 4.69) is 38.3 Å². The number of nitrogens with zero attached hydrogens (tertiary/aromatic N) is 1. The zero-order chi connectivity index (χ0) is 25.8. The molecule has 3 aliphatic heterocycles. The van der Waals surface area contributed by atoms with E-state index in [9.17, 15) is 13.6 Å². The molecule has 0 radical (unpaired) electrons. The minimum Gasteiger partial charge on any atom is -0.495 e. The molecule has 1 aliphatic carbocycles. The first-order valence-electron chi connectivity index (χ1n) is 12.2. The van der Waals surface area contributed by atoms with Gasteiger partial charge < -0.3 is 24.8 Å². The monoisotopic (exact) mass is 533 g/mol. The topological polar surface area (TPSA) is 106 Å². The number of hydrazine groups is 1. The van der Waals surface area contributed by atoms with Gasteiger partial charge in [0.15, 0.2) is 0 Å². The summed E-state index contributed by atoms with van der Waals surface area (Å²) in [5.41, 5.74) is 6.55. The number of alkyl halides is 2. The summed E-state index contributed by atoms with van der Waals surface area (Å²) < 4.78 is 44.0. The minimum atomic E-state index is -2.65. The van der Waals surface area contributed by atoms with Crippen molar-refractivity contribution >= 4 is 23.2 Å². The summed E-state index contributed by atoms with van der Waals surface area (Å²) in [6, 6.07) is 0.338. The second kappa shape index (κ2) is 11.7. The zero-order valence-corrected chi connectivity index (χ0v) is 21.1. The van der Waals surface area contributed by atoms with Crippen LogP contribution in [-0.2, 0) is 9.47 Å². The predicted molar refractivity (Wildman–Crippen MR) is 134 cm³/mol. The highest BCUT2D eigenvalue weighted by Gasteiger charge is 2.30. The van der Waals surface area contributed by atoms with Crippen LogP contribution in [0.15, 0.2) is 30.3 Å². The number of hydrogen-bond donors (Lipinski definition) is 4. The summed E-state index contributed by atoms with van der Waals surface area (Å²) in [7, 11) is 1.44. The molecule has 1 amide bonds. The lowest BCUT2D eigenvalue weighted by atomic mass is 9.95. The summed E-state index contributed by atoms with van der Waals surface area (Å²) in [6.45, 7) is 1.00. The molecule has 4 atom stereocenters. The van der Waals surface area contributed by atoms with Crippen molar-refractivity contribution in [1.29, 1.82) is 0 Å². The number of dihydropyridines is 1. The van der Waals surface area contributed by atoms with E-state index in [1.807, 2.05) is 0 Å². The van der Waals surface area contributed by atoms with E-state index < -0.39 is 23.9 Å². The number of aromatic nitrogens is 1. The third-order valence-electron chi connectivity index (χ3n) is 6.24. The third-order valence-corrected chi connectivity index (χ3v) is 7.26. The van der Waals surface area contributed by atoms with Crippen LogP contribution >= 0.6 is 11.8 Å². The lowest BCUT2D eigenvalue weighted by Gasteiger charge is -2.24. The lowest BCUT2D eigenvalue weighted by Crippen LogP contribution is -2.43. The first-order valence-corrected chi connectivity index (χ1v) is 13.2. The van der Waals surface area contributed by atoms with Gasteiger partial charge in [0.2, 0.25) is 5.88 Å². The van der Waals surface area contributed by atoms with E-state index in [1.54, 1.807) is 6.07 Å². The number of nitrogens with one attached hydrogen (secondary N) is 4. The Kier molecular flexibility index (Phi) is 8.14. The van der Waals surface area contributed by atoms with Crippen LogP contribution in [0.5, 0.6) is 5.88 Å². The van der Waals surface area contributed by atoms with Gasteiger partial charge in [-0.1, -0.05) is 23.6 Å². The van der Waals surface area contributed by atoms with Gasteiger partial charge in [0.25, 0.3) is 12.3 Å². The Balaban J connectivity index is 1.38. The molecule has 4 N–H and O–H groups in total. The van der Waals surface area contributed by atoms with Gasteiger partial charge in [-0.3, -0.25) is 4.79 Å². The van der Waals surface area contributed by atoms with Crippen LogP contribution in [0.25, 0.3) is 5.57 Å². The molecule has 9 nitrogen and oxygen atoms in total. The summed E-state index contributed by atoms with van der Waals surface area (Å²) in [5.74, 6) is 6.98. The molecule has 4 heterocycles. The fourth-order valence-electron chi connectivity index (χ4n) is 4.08. The standard InChI is InChI=1S/C25H29F2N5O4S/c1-34-20-12-28-19(23(26)27)9-17(20)16-10-21(36-13-15-3-2-8-35-15)29-11-18(16)24(33)30-25-32-31-22(37-25)7-6-14-4-5-14/h9-12,14-15,19,22-23,25,28,31-32H,2-5,8,13H2,1H3,(H,30,33). The number of pyridine rings is 1. The van der Waals surface area contributed by atoms with Crippen molar-refractivity contribution in [3.8, 4) is 17.7 Å². The number of carbonyl (C=O) groups excluding carboxylic acids is 1. The Morgan fingerprint density at radius 2 is 2.19 bits per heavy atom. The van der Waals surface area contributed by atoms with Gasteiger partial charge in [0.1, 0.15) is 29.3 Å². The average Bonchev–Trinajstić information content (AvgIpc) is 3.38. The van der Waals surface area contributed by atoms with E-state index in [0.717, 1.165) is 25.7 Å². The summed E-state index contributed by atoms with van der Waals surface area (Å²) in [5, 5.41) is 5.37. The number of carbonyl (C=O) groups is 1. The zero-order valence-electron chi connectivity index (χ0n) is 20.3. The number of ether oxygens (including phenoxy) is 3. The van der Waals surface area contributed by atoms with Crippen molar-refractivity contribution in [1.82, 2.24) is 26.5 Å². The van der Waals surface area contributed by atoms with Crippen LogP contribution < -0.4 is 26.2 Å². The summed E-state index contributed by atoms with van der Waals surface area (Å²) >= 11 is 1.43. The van der Waals surface area contributed by atoms with Crippen molar-refractivity contribution in [3.05, 3.63) is 41.4 Å². The van der Waals surface area contributed by atoms with E-state index in [1.165, 1.54) is 37.3 Å². The average molecular weight is 534 g/mol. The Morgan fingerprint density at radius 3 is 2.92 bits per heavy atom. The first kappa shape index (κ1) is 25.8. The van der Waals surface area contributed by atoms with Gasteiger partial charge in [0.05, 0.1) is 18.8 Å². The number of methoxy groups -OCH3 is 1. The molecule has 1 aromatic rings. The molecule has 4 unspecified atom stereocenters. The second-order valence-corrected chi connectivity index (χ2v) is 10.3. The molecule has 4 aliphatic rings. The minimum absolute atomic E-state index is 0.0297. The maximum absolute atomic E-state index is 13.6. The number of amides is 1. The molecule has 1 aromatic heterocycles. The number of thioether (sulfide) groups is 1. The van der Waals surface area contributed by atoms with E-state index in [0.29, 0.717) is 36.0 Å². The smallest absolute Gasteiger partial charge is 0.261 e. The normalized spacial score (nSPS) is 27.0. The maximum atomic E-state index is 13.6. The molecule has 1 saturated carbocycles. The Morgan fingerprint density at radius 1 is 1.32 bits per heavy atom. The molecular formula is C25H29F2N5O4S. The second-order valence-electron chi connectivity index (χ2n) is 9.06. The van der Waals surface area contributed by atoms with E-state index in [-0.39, 0.29) is 22.9 Å². The number of hydrogen-bond acceptors (Lipinski definition) is 9. The molecule has 0 spiro atoms. The third kappa shape index (κ3) is 6.54. The molecule has 12 heteroatoms. The lowest BCUT2D eigenvalue weighted by molar-refractivity contribution is 0.0663. The Bertz CT molecular complexity index is 1130. The number of allylic oxidation sites excluding steroid dienone is 1. The molecule has 198 valence electrons. The summed E-state index contributed by atoms with van der Waals surface area (Å²) in [6.07, 6.45) is 5.57. The Hall–Kier alpha value is -2.85. The molecule has 2 saturated heterocycles. The largest absolute Gasteiger partial charge is 0.495 e. The van der Waals surface area contributed by atoms with Crippen LogP contribution in [0.4, 0.5) is 8.78 Å². The van der Waals surface area contributed by atoms with E-state index >= 15 is 0 Å². The molecular weight excluding hydrogens is 504 g/mol. The van der Waals surface area contributed by atoms with Crippen molar-refractivity contribution in [3.63, 3.8) is 0 Å². The van der Waals surface area contributed by atoms with Crippen LogP contribution in [-0.4, -0.2) is 60.7 Å². The van der Waals surface area contributed by atoms with Gasteiger partial charge >= 0.3 is 0 Å². The van der Waals surface area contributed by atoms with Crippen LogP contribution in [0.2, 0.25) is 0 Å². The maximum Gasteiger partial charge on any atom is 0.261 e. The van der Waals surface area contributed by atoms with E-state index in [4.69, 9.17) is 14.2 Å². The molecule has 0 bridgehead atoms. The predicted octanol–water partition coefficient (Wildman–Crippen LogP) is 2.34. The van der Waals surface area contributed by atoms with Crippen molar-refractivity contribution in [2.75, 3.05) is 20.3 Å². The fraction of sp³-hybridized carbons (Fsp3) is 0.520. The number of halogens is 2. The molecule has 0 aromatic carbocycles. The van der Waals surface area contributed by atoms with Gasteiger partial charge in [-0.15, -0.1) is 0 Å². The number of rotatable bonds is 8. The van der Waals surface area contributed by atoms with Gasteiger partial charge in [-0.2, -0.15) is 0 Å². The highest BCUT2D eigenvalue weighted by atomic mass is 32.2. The molecule has 37 heavy (non-hydrogen) atoms. The fourth-order valence-corrected chi connectivity index (χ4v) is 4.94. The van der Waals surface area contributed by atoms with Crippen LogP contribution in [0.3, 0.4) is 0 Å². The van der Waals surface area contributed by atoms with Crippen LogP contribution in [0.1, 0.15) is 41.6 Å². The quantitative estimate of drug-likeness (QED) is 0.375. The van der Waals surface area contributed by atoms with Gasteiger partial charge in [-0.25, -0.2) is 24.6 Å². The SMILES string of the molecule is COC1=CNC(C(F)F)C=C1c1cc(OCC2CCCO2)ncc1C(=O)NC1NNC(C#CC2CC2)S1. The van der Waals surface area contributed by atoms with Crippen molar-refractivity contribution in [2.24, 2.45) is 5.92 Å². The van der Waals surface area contributed by atoms with Crippen LogP contribution in [0, 0.1) is 17.8 Å². The molecule has 5 rings (SSSR count).